The summed E-state index contributed by atoms with van der Waals surface area (Å²) in [4.78, 5) is 25.3. The average Bonchev–Trinajstić information content (AvgIpc) is 3.22. The van der Waals surface area contributed by atoms with E-state index in [-0.39, 0.29) is 17.5 Å². The summed E-state index contributed by atoms with van der Waals surface area (Å²) in [5.74, 6) is -1.62. The van der Waals surface area contributed by atoms with Crippen LogP contribution >= 0.6 is 0 Å². The molecule has 0 saturated heterocycles. The van der Waals surface area contributed by atoms with Crippen LogP contribution in [0.15, 0.2) is 23.1 Å². The summed E-state index contributed by atoms with van der Waals surface area (Å²) in [6.07, 6.45) is 4.33. The first-order chi connectivity index (χ1) is 11.9. The van der Waals surface area contributed by atoms with Crippen molar-refractivity contribution in [3.05, 3.63) is 23.8 Å². The molecule has 0 spiro atoms. The number of carbonyl (C=O) groups is 2. The van der Waals surface area contributed by atoms with Crippen LogP contribution in [0.2, 0.25) is 0 Å². The third kappa shape index (κ3) is 3.69. The molecule has 2 aliphatic rings. The average molecular weight is 366 g/mol. The van der Waals surface area contributed by atoms with Gasteiger partial charge < -0.3 is 9.64 Å². The van der Waals surface area contributed by atoms with Crippen LogP contribution < -0.4 is 9.62 Å². The second-order valence-corrected chi connectivity index (χ2v) is 8.03. The second-order valence-electron chi connectivity index (χ2n) is 6.32. The molecule has 1 fully saturated rings. The summed E-state index contributed by atoms with van der Waals surface area (Å²) in [7, 11) is -3.57. The van der Waals surface area contributed by atoms with E-state index in [9.17, 15) is 18.0 Å². The highest BCUT2D eigenvalue weighted by Gasteiger charge is 2.31. The van der Waals surface area contributed by atoms with E-state index in [4.69, 9.17) is 4.74 Å². The predicted octanol–water partition coefficient (Wildman–Crippen LogP) is 1.36. The molecule has 0 radical (unpaired) electrons. The second kappa shape index (κ2) is 7.13. The Morgan fingerprint density at radius 2 is 2.00 bits per heavy atom. The van der Waals surface area contributed by atoms with Gasteiger partial charge in [-0.3, -0.25) is 4.79 Å². The van der Waals surface area contributed by atoms with Crippen molar-refractivity contribution in [1.82, 2.24) is 4.72 Å². The van der Waals surface area contributed by atoms with Gasteiger partial charge in [-0.05, 0) is 49.9 Å². The number of anilines is 1. The fraction of sp³-hybridized carbons (Fsp3) is 0.529. The SMILES string of the molecule is CCOC(=O)C(=O)N1CCc2cc(S(=O)(=O)NC3CCCC3)ccc21. The zero-order valence-electron chi connectivity index (χ0n) is 14.2. The summed E-state index contributed by atoms with van der Waals surface area (Å²) in [6.45, 7) is 2.11. The van der Waals surface area contributed by atoms with Crippen molar-refractivity contribution in [1.29, 1.82) is 0 Å². The number of rotatable bonds is 4. The van der Waals surface area contributed by atoms with Gasteiger partial charge in [0.25, 0.3) is 0 Å². The molecule has 0 aromatic heterocycles. The van der Waals surface area contributed by atoms with Crippen molar-refractivity contribution < 1.29 is 22.7 Å². The number of esters is 1. The normalized spacial score (nSPS) is 17.6. The zero-order valence-corrected chi connectivity index (χ0v) is 15.0. The molecule has 1 heterocycles. The minimum Gasteiger partial charge on any atom is -0.459 e. The summed E-state index contributed by atoms with van der Waals surface area (Å²) < 4.78 is 32.6. The summed E-state index contributed by atoms with van der Waals surface area (Å²) in [5.41, 5.74) is 1.31. The third-order valence-electron chi connectivity index (χ3n) is 4.63. The van der Waals surface area contributed by atoms with Crippen LogP contribution in [0.25, 0.3) is 0 Å². The van der Waals surface area contributed by atoms with Crippen molar-refractivity contribution in [2.24, 2.45) is 0 Å². The highest BCUT2D eigenvalue weighted by molar-refractivity contribution is 7.89. The van der Waals surface area contributed by atoms with Gasteiger partial charge in [-0.15, -0.1) is 0 Å². The Bertz CT molecular complexity index is 784. The first-order valence-corrected chi connectivity index (χ1v) is 10.0. The van der Waals surface area contributed by atoms with E-state index in [0.717, 1.165) is 31.2 Å². The number of amides is 1. The van der Waals surface area contributed by atoms with Crippen LogP contribution in [0.3, 0.4) is 0 Å². The molecule has 7 nitrogen and oxygen atoms in total. The maximum absolute atomic E-state index is 12.5. The minimum absolute atomic E-state index is 0.000134. The van der Waals surface area contributed by atoms with Crippen LogP contribution in [-0.4, -0.2) is 39.5 Å². The van der Waals surface area contributed by atoms with Gasteiger partial charge in [-0.1, -0.05) is 12.8 Å². The third-order valence-corrected chi connectivity index (χ3v) is 6.15. The maximum Gasteiger partial charge on any atom is 0.397 e. The standard InChI is InChI=1S/C17H22N2O5S/c1-2-24-17(21)16(20)19-10-9-12-11-14(7-8-15(12)19)25(22,23)18-13-5-3-4-6-13/h7-8,11,13,18H,2-6,9-10H2,1H3. The van der Waals surface area contributed by atoms with E-state index in [0.29, 0.717) is 18.7 Å². The van der Waals surface area contributed by atoms with Gasteiger partial charge in [0.2, 0.25) is 10.0 Å². The minimum atomic E-state index is -3.57. The molecule has 8 heteroatoms. The highest BCUT2D eigenvalue weighted by atomic mass is 32.2. The molecule has 25 heavy (non-hydrogen) atoms. The Hall–Kier alpha value is -1.93. The van der Waals surface area contributed by atoms with Crippen molar-refractivity contribution in [2.75, 3.05) is 18.1 Å². The molecule has 1 N–H and O–H groups in total. The molecule has 136 valence electrons. The molecule has 1 aromatic rings. The lowest BCUT2D eigenvalue weighted by Gasteiger charge is -2.17. The largest absolute Gasteiger partial charge is 0.459 e. The predicted molar refractivity (Wildman–Crippen MR) is 91.7 cm³/mol. The highest BCUT2D eigenvalue weighted by Crippen LogP contribution is 2.31. The molecule has 0 bridgehead atoms. The molecule has 1 saturated carbocycles. The van der Waals surface area contributed by atoms with Crippen molar-refractivity contribution in [3.63, 3.8) is 0 Å². The summed E-state index contributed by atoms with van der Waals surface area (Å²) in [5, 5.41) is 0. The smallest absolute Gasteiger partial charge is 0.397 e. The fourth-order valence-electron chi connectivity index (χ4n) is 3.39. The number of ether oxygens (including phenoxy) is 1. The number of hydrogen-bond acceptors (Lipinski definition) is 5. The Kier molecular flexibility index (Phi) is 5.10. The van der Waals surface area contributed by atoms with Crippen LogP contribution in [0.5, 0.6) is 0 Å². The maximum atomic E-state index is 12.5. The number of benzene rings is 1. The number of nitrogens with zero attached hydrogens (tertiary/aromatic N) is 1. The molecule has 1 aliphatic heterocycles. The van der Waals surface area contributed by atoms with Crippen LogP contribution in [-0.2, 0) is 30.8 Å². The molecule has 1 aromatic carbocycles. The van der Waals surface area contributed by atoms with Crippen molar-refractivity contribution >= 4 is 27.6 Å². The van der Waals surface area contributed by atoms with E-state index in [1.807, 2.05) is 0 Å². The molecule has 3 rings (SSSR count). The summed E-state index contributed by atoms with van der Waals surface area (Å²) >= 11 is 0. The first-order valence-electron chi connectivity index (χ1n) is 8.56. The molecule has 0 unspecified atom stereocenters. The quantitative estimate of drug-likeness (QED) is 0.642. The Morgan fingerprint density at radius 3 is 2.68 bits per heavy atom. The number of sulfonamides is 1. The van der Waals surface area contributed by atoms with Gasteiger partial charge in [-0.2, -0.15) is 0 Å². The number of carbonyl (C=O) groups excluding carboxylic acids is 2. The van der Waals surface area contributed by atoms with Gasteiger partial charge in [0.1, 0.15) is 0 Å². The van der Waals surface area contributed by atoms with Crippen molar-refractivity contribution in [2.45, 2.75) is 50.0 Å². The monoisotopic (exact) mass is 366 g/mol. The molecule has 1 amide bonds. The van der Waals surface area contributed by atoms with Gasteiger partial charge in [0, 0.05) is 18.3 Å². The lowest BCUT2D eigenvalue weighted by atomic mass is 10.2. The van der Waals surface area contributed by atoms with Crippen LogP contribution in [0, 0.1) is 0 Å². The van der Waals surface area contributed by atoms with E-state index in [2.05, 4.69) is 4.72 Å². The summed E-state index contributed by atoms with van der Waals surface area (Å²) in [6, 6.07) is 4.65. The number of hydrogen-bond donors (Lipinski definition) is 1. The van der Waals surface area contributed by atoms with Gasteiger partial charge in [0.05, 0.1) is 11.5 Å². The van der Waals surface area contributed by atoms with E-state index >= 15 is 0 Å². The van der Waals surface area contributed by atoms with Crippen LogP contribution in [0.1, 0.15) is 38.2 Å². The van der Waals surface area contributed by atoms with Crippen molar-refractivity contribution in [3.8, 4) is 0 Å². The lowest BCUT2D eigenvalue weighted by molar-refractivity contribution is -0.153. The van der Waals surface area contributed by atoms with E-state index in [1.165, 1.54) is 11.0 Å². The molecular weight excluding hydrogens is 344 g/mol. The number of fused-ring (bicyclic) bond motifs is 1. The molecule has 0 atom stereocenters. The molecular formula is C17H22N2O5S. The van der Waals surface area contributed by atoms with E-state index < -0.39 is 21.9 Å². The Balaban J connectivity index is 1.79. The van der Waals surface area contributed by atoms with Gasteiger partial charge >= 0.3 is 11.9 Å². The Labute approximate surface area is 147 Å². The Morgan fingerprint density at radius 1 is 1.28 bits per heavy atom. The number of nitrogens with one attached hydrogen (secondary N) is 1. The first kappa shape index (κ1) is 17.9. The molecule has 1 aliphatic carbocycles. The van der Waals surface area contributed by atoms with Gasteiger partial charge in [-0.25, -0.2) is 17.9 Å². The van der Waals surface area contributed by atoms with Gasteiger partial charge in [0.15, 0.2) is 0 Å². The van der Waals surface area contributed by atoms with E-state index in [1.54, 1.807) is 19.1 Å². The zero-order chi connectivity index (χ0) is 18.0. The topological polar surface area (TPSA) is 92.8 Å². The van der Waals surface area contributed by atoms with Crippen LogP contribution in [0.4, 0.5) is 5.69 Å². The fourth-order valence-corrected chi connectivity index (χ4v) is 4.75. The lowest BCUT2D eigenvalue weighted by Crippen LogP contribution is -2.36.